The lowest BCUT2D eigenvalue weighted by molar-refractivity contribution is 0.146. The molecule has 28 heavy (non-hydrogen) atoms. The van der Waals surface area contributed by atoms with Gasteiger partial charge in [-0.05, 0) is 37.5 Å². The second-order valence-corrected chi connectivity index (χ2v) is 9.74. The topological polar surface area (TPSA) is 107 Å². The zero-order chi connectivity index (χ0) is 20.4. The summed E-state index contributed by atoms with van der Waals surface area (Å²) in [6, 6.07) is 1.59. The van der Waals surface area contributed by atoms with Crippen molar-refractivity contribution < 1.29 is 21.9 Å². The normalized spacial score (nSPS) is 22.8. The van der Waals surface area contributed by atoms with Crippen LogP contribution in [0.2, 0.25) is 0 Å². The average molecular weight is 433 g/mol. The third-order valence-electron chi connectivity index (χ3n) is 5.06. The molecule has 1 aromatic carbocycles. The van der Waals surface area contributed by atoms with Gasteiger partial charge in [-0.25, -0.2) is 22.2 Å². The maximum atomic E-state index is 14.3. The SMILES string of the molecule is CC1(CCOc2cc(F)c(S(=O)(=O)Nc3ncns3)cc2F)CCC(N)CC1. The molecule has 0 amide bonds. The van der Waals surface area contributed by atoms with E-state index in [4.69, 9.17) is 10.5 Å². The second-order valence-electron chi connectivity index (χ2n) is 7.31. The number of hydrogen-bond acceptors (Lipinski definition) is 7. The van der Waals surface area contributed by atoms with Gasteiger partial charge >= 0.3 is 0 Å². The molecule has 0 saturated heterocycles. The predicted molar refractivity (Wildman–Crippen MR) is 102 cm³/mol. The van der Waals surface area contributed by atoms with Crippen LogP contribution in [-0.2, 0) is 10.0 Å². The highest BCUT2D eigenvalue weighted by Crippen LogP contribution is 2.38. The second kappa shape index (κ2) is 8.26. The molecule has 3 rings (SSSR count). The van der Waals surface area contributed by atoms with E-state index in [1.807, 2.05) is 0 Å². The van der Waals surface area contributed by atoms with Crippen LogP contribution in [0.25, 0.3) is 0 Å². The van der Waals surface area contributed by atoms with Crippen LogP contribution in [0.5, 0.6) is 5.75 Å². The van der Waals surface area contributed by atoms with E-state index in [0.717, 1.165) is 49.6 Å². The lowest BCUT2D eigenvalue weighted by Gasteiger charge is -2.36. The molecule has 0 unspecified atom stereocenters. The van der Waals surface area contributed by atoms with Crippen molar-refractivity contribution >= 4 is 26.7 Å². The van der Waals surface area contributed by atoms with Gasteiger partial charge in [-0.1, -0.05) is 6.92 Å². The van der Waals surface area contributed by atoms with Crippen LogP contribution in [0.4, 0.5) is 13.9 Å². The van der Waals surface area contributed by atoms with Gasteiger partial charge in [0.05, 0.1) is 6.61 Å². The van der Waals surface area contributed by atoms with Gasteiger partial charge in [0.2, 0.25) is 5.13 Å². The standard InChI is InChI=1S/C17H22F2N4O3S2/c1-17(4-2-11(20)3-5-17)6-7-26-14-8-13(19)15(9-12(14)18)28(24,25)23-16-21-10-22-27-16/h8-11H,2-7,20H2,1H3,(H,21,22,23). The maximum absolute atomic E-state index is 14.3. The molecule has 1 saturated carbocycles. The van der Waals surface area contributed by atoms with E-state index in [-0.39, 0.29) is 28.9 Å². The number of nitrogens with zero attached hydrogens (tertiary/aromatic N) is 2. The van der Waals surface area contributed by atoms with E-state index in [1.54, 1.807) is 0 Å². The quantitative estimate of drug-likeness (QED) is 0.695. The number of anilines is 1. The number of ether oxygens (including phenoxy) is 1. The first-order chi connectivity index (χ1) is 13.2. The molecule has 0 spiro atoms. The van der Waals surface area contributed by atoms with Crippen LogP contribution >= 0.6 is 11.5 Å². The van der Waals surface area contributed by atoms with Gasteiger partial charge in [-0.2, -0.15) is 4.37 Å². The number of sulfonamides is 1. The largest absolute Gasteiger partial charge is 0.490 e. The number of benzene rings is 1. The molecular formula is C17H22F2N4O3S2. The summed E-state index contributed by atoms with van der Waals surface area (Å²) in [6.07, 6.45) is 5.63. The Bertz CT molecular complexity index is 915. The number of hydrogen-bond donors (Lipinski definition) is 2. The van der Waals surface area contributed by atoms with Crippen LogP contribution in [0.15, 0.2) is 23.4 Å². The van der Waals surface area contributed by atoms with Crippen molar-refractivity contribution in [2.75, 3.05) is 11.3 Å². The van der Waals surface area contributed by atoms with Crippen molar-refractivity contribution in [3.63, 3.8) is 0 Å². The minimum Gasteiger partial charge on any atom is -0.490 e. The summed E-state index contributed by atoms with van der Waals surface area (Å²) in [5, 5.41) is -0.0411. The fourth-order valence-corrected chi connectivity index (χ4v) is 4.94. The van der Waals surface area contributed by atoms with Gasteiger partial charge in [-0.3, -0.25) is 4.72 Å². The Balaban J connectivity index is 1.66. The van der Waals surface area contributed by atoms with E-state index < -0.39 is 26.6 Å². The molecule has 3 N–H and O–H groups in total. The molecule has 11 heteroatoms. The summed E-state index contributed by atoms with van der Waals surface area (Å²) in [5.74, 6) is -2.37. The predicted octanol–water partition coefficient (Wildman–Crippen LogP) is 3.29. The molecule has 2 aromatic rings. The highest BCUT2D eigenvalue weighted by Gasteiger charge is 2.30. The Morgan fingerprint density at radius 3 is 2.68 bits per heavy atom. The van der Waals surface area contributed by atoms with E-state index in [9.17, 15) is 17.2 Å². The highest BCUT2D eigenvalue weighted by molar-refractivity contribution is 7.93. The summed E-state index contributed by atoms with van der Waals surface area (Å²) in [6.45, 7) is 2.34. The Morgan fingerprint density at radius 2 is 2.04 bits per heavy atom. The zero-order valence-electron chi connectivity index (χ0n) is 15.3. The van der Waals surface area contributed by atoms with Crippen LogP contribution < -0.4 is 15.2 Å². The maximum Gasteiger partial charge on any atom is 0.266 e. The molecule has 0 aliphatic heterocycles. The van der Waals surface area contributed by atoms with Gasteiger partial charge in [0.15, 0.2) is 11.6 Å². The third kappa shape index (κ3) is 4.95. The number of nitrogens with two attached hydrogens (primary N) is 1. The lowest BCUT2D eigenvalue weighted by Crippen LogP contribution is -2.33. The van der Waals surface area contributed by atoms with Gasteiger partial charge in [-0.15, -0.1) is 0 Å². The van der Waals surface area contributed by atoms with E-state index in [1.165, 1.54) is 0 Å². The molecule has 7 nitrogen and oxygen atoms in total. The number of halogens is 2. The minimum absolute atomic E-state index is 0.0411. The fraction of sp³-hybridized carbons (Fsp3) is 0.529. The molecule has 1 aromatic heterocycles. The first-order valence-electron chi connectivity index (χ1n) is 8.85. The molecule has 154 valence electrons. The molecule has 0 atom stereocenters. The molecule has 1 fully saturated rings. The van der Waals surface area contributed by atoms with Crippen molar-refractivity contribution in [2.45, 2.75) is 50.0 Å². The van der Waals surface area contributed by atoms with Crippen molar-refractivity contribution in [2.24, 2.45) is 11.1 Å². The first-order valence-corrected chi connectivity index (χ1v) is 11.1. The average Bonchev–Trinajstić information content (AvgIpc) is 3.12. The van der Waals surface area contributed by atoms with E-state index in [2.05, 4.69) is 21.0 Å². The zero-order valence-corrected chi connectivity index (χ0v) is 17.0. The van der Waals surface area contributed by atoms with Crippen molar-refractivity contribution in [1.82, 2.24) is 9.36 Å². The number of rotatable bonds is 7. The van der Waals surface area contributed by atoms with Crippen LogP contribution in [0, 0.1) is 17.0 Å². The number of aromatic nitrogens is 2. The van der Waals surface area contributed by atoms with Crippen LogP contribution in [-0.4, -0.2) is 30.4 Å². The smallest absolute Gasteiger partial charge is 0.266 e. The first kappa shape index (κ1) is 20.9. The van der Waals surface area contributed by atoms with Gasteiger partial charge in [0.25, 0.3) is 10.0 Å². The van der Waals surface area contributed by atoms with Crippen molar-refractivity contribution in [3.05, 3.63) is 30.1 Å². The Hall–Kier alpha value is -1.85. The van der Waals surface area contributed by atoms with Gasteiger partial charge in [0, 0.05) is 29.7 Å². The molecular weight excluding hydrogens is 410 g/mol. The number of nitrogens with one attached hydrogen (secondary N) is 1. The molecule has 1 aliphatic rings. The summed E-state index contributed by atoms with van der Waals surface area (Å²) in [4.78, 5) is 2.84. The molecule has 0 bridgehead atoms. The highest BCUT2D eigenvalue weighted by atomic mass is 32.2. The van der Waals surface area contributed by atoms with E-state index >= 15 is 0 Å². The molecule has 1 aliphatic carbocycles. The van der Waals surface area contributed by atoms with E-state index in [0.29, 0.717) is 12.5 Å². The summed E-state index contributed by atoms with van der Waals surface area (Å²) < 4.78 is 64.3. The molecule has 0 radical (unpaired) electrons. The Labute approximate surface area is 166 Å². The third-order valence-corrected chi connectivity index (χ3v) is 7.12. The monoisotopic (exact) mass is 432 g/mol. The van der Waals surface area contributed by atoms with Crippen molar-refractivity contribution in [3.8, 4) is 5.75 Å². The Morgan fingerprint density at radius 1 is 1.32 bits per heavy atom. The summed E-state index contributed by atoms with van der Waals surface area (Å²) in [5.41, 5.74) is 5.98. The van der Waals surface area contributed by atoms with Crippen LogP contribution in [0.1, 0.15) is 39.0 Å². The van der Waals surface area contributed by atoms with Gasteiger partial charge < -0.3 is 10.5 Å². The van der Waals surface area contributed by atoms with Gasteiger partial charge in [0.1, 0.15) is 17.0 Å². The van der Waals surface area contributed by atoms with Crippen LogP contribution in [0.3, 0.4) is 0 Å². The lowest BCUT2D eigenvalue weighted by atomic mass is 9.72. The molecule has 1 heterocycles. The fourth-order valence-electron chi connectivity index (χ4n) is 3.21. The van der Waals surface area contributed by atoms with Crippen molar-refractivity contribution in [1.29, 1.82) is 0 Å². The summed E-state index contributed by atoms with van der Waals surface area (Å²) >= 11 is 0.782. The minimum atomic E-state index is -4.33. The Kier molecular flexibility index (Phi) is 6.15. The summed E-state index contributed by atoms with van der Waals surface area (Å²) in [7, 11) is -4.33.